The molecule has 182 valence electrons. The number of pyridine rings is 1. The second-order valence-corrected chi connectivity index (χ2v) is 11.1. The van der Waals surface area contributed by atoms with E-state index in [1.165, 1.54) is 20.4 Å². The van der Waals surface area contributed by atoms with Crippen molar-refractivity contribution in [2.45, 2.75) is 51.2 Å². The third-order valence-electron chi connectivity index (χ3n) is 6.23. The fourth-order valence-corrected chi connectivity index (χ4v) is 5.93. The highest BCUT2D eigenvalue weighted by molar-refractivity contribution is 7.91. The van der Waals surface area contributed by atoms with Gasteiger partial charge in [0.25, 0.3) is 0 Å². The second kappa shape index (κ2) is 9.77. The number of benzene rings is 1. The molecule has 1 unspecified atom stereocenters. The molecule has 10 heteroatoms. The van der Waals surface area contributed by atoms with Gasteiger partial charge in [-0.25, -0.2) is 27.2 Å². The summed E-state index contributed by atoms with van der Waals surface area (Å²) in [5, 5.41) is 3.87. The first-order chi connectivity index (χ1) is 16.2. The van der Waals surface area contributed by atoms with Crippen LogP contribution in [-0.4, -0.2) is 48.2 Å². The summed E-state index contributed by atoms with van der Waals surface area (Å²) in [7, 11) is -1.49. The van der Waals surface area contributed by atoms with Crippen LogP contribution in [0.1, 0.15) is 55.3 Å². The van der Waals surface area contributed by atoms with Crippen molar-refractivity contribution in [1.82, 2.24) is 15.0 Å². The summed E-state index contributed by atoms with van der Waals surface area (Å²) in [6.45, 7) is 3.21. The number of rotatable bonds is 7. The lowest BCUT2D eigenvalue weighted by Crippen LogP contribution is -2.22. The quantitative estimate of drug-likeness (QED) is 0.520. The first-order valence-electron chi connectivity index (χ1n) is 11.3. The third-order valence-corrected chi connectivity index (χ3v) is 7.95. The van der Waals surface area contributed by atoms with E-state index in [-0.39, 0.29) is 23.8 Å². The van der Waals surface area contributed by atoms with E-state index in [9.17, 15) is 12.8 Å². The predicted molar refractivity (Wildman–Crippen MR) is 127 cm³/mol. The maximum Gasteiger partial charge on any atom is 0.218 e. The lowest BCUT2D eigenvalue weighted by Gasteiger charge is -2.24. The van der Waals surface area contributed by atoms with E-state index < -0.39 is 27.9 Å². The van der Waals surface area contributed by atoms with Crippen LogP contribution in [0.5, 0.6) is 5.88 Å². The average Bonchev–Trinajstić information content (AvgIpc) is 2.79. The number of anilines is 1. The molecular formula is C24H28F2N4O3S. The summed E-state index contributed by atoms with van der Waals surface area (Å²) in [5.74, 6) is 0.681. The van der Waals surface area contributed by atoms with Crippen LogP contribution in [0.25, 0.3) is 11.0 Å². The third kappa shape index (κ3) is 5.11. The van der Waals surface area contributed by atoms with E-state index >= 15 is 4.39 Å². The molecule has 3 aromatic rings. The van der Waals surface area contributed by atoms with Gasteiger partial charge in [-0.15, -0.1) is 0 Å². The molecule has 1 aliphatic rings. The van der Waals surface area contributed by atoms with Crippen molar-refractivity contribution < 1.29 is 21.9 Å². The van der Waals surface area contributed by atoms with E-state index in [2.05, 4.69) is 20.3 Å². The number of hydrogen-bond donors (Lipinski definition) is 1. The van der Waals surface area contributed by atoms with E-state index in [1.807, 2.05) is 6.07 Å². The normalized spacial score (nSPS) is 17.9. The molecule has 3 heterocycles. The molecule has 0 spiro atoms. The molecule has 34 heavy (non-hydrogen) atoms. The van der Waals surface area contributed by atoms with E-state index in [0.29, 0.717) is 46.7 Å². The highest BCUT2D eigenvalue weighted by Crippen LogP contribution is 2.37. The SMILES string of the molecule is COc1nc2ncnc(N[C@H](C)c3cccc(CC(C)F)c3F)c2cc1C1CCS(=O)(=O)CC1. The minimum absolute atomic E-state index is 0.00696. The maximum atomic E-state index is 15.1. The van der Waals surface area contributed by atoms with Crippen molar-refractivity contribution in [3.63, 3.8) is 0 Å². The Morgan fingerprint density at radius 2 is 1.94 bits per heavy atom. The highest BCUT2D eigenvalue weighted by atomic mass is 32.2. The molecule has 1 aromatic carbocycles. The van der Waals surface area contributed by atoms with Gasteiger partial charge in [-0.3, -0.25) is 0 Å². The van der Waals surface area contributed by atoms with Gasteiger partial charge in [0.05, 0.1) is 30.0 Å². The summed E-state index contributed by atoms with van der Waals surface area (Å²) in [6, 6.07) is 6.40. The standard InChI is InChI=1S/C24H28F2N4O3S/c1-14(25)11-17-5-4-6-18(21(17)26)15(2)29-22-20-12-19(16-7-9-34(31,32)10-8-16)24(33-3)30-23(20)28-13-27-22/h4-6,12-16H,7-11H2,1-3H3,(H,27,28,29,30)/t14?,15-/m1/s1. The van der Waals surface area contributed by atoms with Crippen molar-refractivity contribution in [1.29, 1.82) is 0 Å². The van der Waals surface area contributed by atoms with Gasteiger partial charge >= 0.3 is 0 Å². The summed E-state index contributed by atoms with van der Waals surface area (Å²) < 4.78 is 57.8. The number of methoxy groups -OCH3 is 1. The molecule has 4 rings (SSSR count). The Kier molecular flexibility index (Phi) is 6.97. The van der Waals surface area contributed by atoms with E-state index in [1.54, 1.807) is 25.1 Å². The van der Waals surface area contributed by atoms with Gasteiger partial charge in [0, 0.05) is 17.5 Å². The maximum absolute atomic E-state index is 15.1. The molecule has 0 radical (unpaired) electrons. The molecule has 2 aromatic heterocycles. The summed E-state index contributed by atoms with van der Waals surface area (Å²) in [4.78, 5) is 13.1. The van der Waals surface area contributed by atoms with Crippen LogP contribution in [0.4, 0.5) is 14.6 Å². The van der Waals surface area contributed by atoms with Crippen molar-refractivity contribution in [2.75, 3.05) is 23.9 Å². The van der Waals surface area contributed by atoms with Crippen molar-refractivity contribution >= 4 is 26.7 Å². The van der Waals surface area contributed by atoms with Gasteiger partial charge in [0.1, 0.15) is 34.0 Å². The van der Waals surface area contributed by atoms with E-state index in [4.69, 9.17) is 4.74 Å². The van der Waals surface area contributed by atoms with Crippen LogP contribution in [0.15, 0.2) is 30.6 Å². The fraction of sp³-hybridized carbons (Fsp3) is 0.458. The lowest BCUT2D eigenvalue weighted by molar-refractivity contribution is 0.355. The monoisotopic (exact) mass is 490 g/mol. The van der Waals surface area contributed by atoms with Gasteiger partial charge in [0.15, 0.2) is 5.65 Å². The first kappa shape index (κ1) is 24.3. The first-order valence-corrected chi connectivity index (χ1v) is 13.1. The molecule has 0 saturated carbocycles. The summed E-state index contributed by atoms with van der Waals surface area (Å²) in [5.41, 5.74) is 1.95. The van der Waals surface area contributed by atoms with Gasteiger partial charge in [-0.05, 0) is 44.2 Å². The fourth-order valence-electron chi connectivity index (χ4n) is 4.44. The summed E-state index contributed by atoms with van der Waals surface area (Å²) in [6.07, 6.45) is 1.21. The number of hydrogen-bond acceptors (Lipinski definition) is 7. The zero-order valence-corrected chi connectivity index (χ0v) is 20.2. The Bertz CT molecular complexity index is 1290. The molecule has 1 saturated heterocycles. The number of sulfone groups is 1. The Balaban J connectivity index is 1.68. The van der Waals surface area contributed by atoms with Gasteiger partial charge in [-0.2, -0.15) is 4.98 Å². The number of nitrogens with zero attached hydrogens (tertiary/aromatic N) is 3. The average molecular weight is 491 g/mol. The summed E-state index contributed by atoms with van der Waals surface area (Å²) >= 11 is 0. The van der Waals surface area contributed by atoms with Crippen molar-refractivity contribution in [3.05, 3.63) is 53.1 Å². The molecule has 7 nitrogen and oxygen atoms in total. The van der Waals surface area contributed by atoms with Gasteiger partial charge < -0.3 is 10.1 Å². The van der Waals surface area contributed by atoms with Crippen molar-refractivity contribution in [3.8, 4) is 5.88 Å². The van der Waals surface area contributed by atoms with Crippen LogP contribution in [0.2, 0.25) is 0 Å². The molecular weight excluding hydrogens is 462 g/mol. The molecule has 1 N–H and O–H groups in total. The number of alkyl halides is 1. The Hall–Kier alpha value is -2.88. The van der Waals surface area contributed by atoms with Crippen LogP contribution >= 0.6 is 0 Å². The number of halogens is 2. The second-order valence-electron chi connectivity index (χ2n) is 8.78. The number of aromatic nitrogens is 3. The molecule has 0 aliphatic carbocycles. The molecule has 2 atom stereocenters. The Morgan fingerprint density at radius 1 is 1.21 bits per heavy atom. The highest BCUT2D eigenvalue weighted by Gasteiger charge is 2.28. The topological polar surface area (TPSA) is 94.1 Å². The van der Waals surface area contributed by atoms with Crippen LogP contribution in [-0.2, 0) is 16.3 Å². The zero-order chi connectivity index (χ0) is 24.5. The Morgan fingerprint density at radius 3 is 2.62 bits per heavy atom. The number of nitrogens with one attached hydrogen (secondary N) is 1. The molecule has 0 bridgehead atoms. The minimum atomic E-state index is -3.01. The van der Waals surface area contributed by atoms with Crippen LogP contribution in [0, 0.1) is 5.82 Å². The van der Waals surface area contributed by atoms with Gasteiger partial charge in [0.2, 0.25) is 5.88 Å². The van der Waals surface area contributed by atoms with Crippen LogP contribution < -0.4 is 10.1 Å². The van der Waals surface area contributed by atoms with Crippen molar-refractivity contribution in [2.24, 2.45) is 0 Å². The minimum Gasteiger partial charge on any atom is -0.481 e. The smallest absolute Gasteiger partial charge is 0.218 e. The predicted octanol–water partition coefficient (Wildman–Crippen LogP) is 4.54. The molecule has 0 amide bonds. The molecule has 1 aliphatic heterocycles. The van der Waals surface area contributed by atoms with Crippen LogP contribution in [0.3, 0.4) is 0 Å². The number of ether oxygens (including phenoxy) is 1. The van der Waals surface area contributed by atoms with E-state index in [0.717, 1.165) is 5.56 Å². The Labute approximate surface area is 197 Å². The lowest BCUT2D eigenvalue weighted by atomic mass is 9.93. The number of fused-ring (bicyclic) bond motifs is 1. The zero-order valence-electron chi connectivity index (χ0n) is 19.4. The van der Waals surface area contributed by atoms with Gasteiger partial charge in [-0.1, -0.05) is 18.2 Å². The molecule has 1 fully saturated rings. The largest absolute Gasteiger partial charge is 0.481 e.